The topological polar surface area (TPSA) is 0 Å². The van der Waals surface area contributed by atoms with Crippen LogP contribution in [0.5, 0.6) is 0 Å². The van der Waals surface area contributed by atoms with Gasteiger partial charge in [-0.15, -0.1) is 0 Å². The molecule has 2 unspecified atom stereocenters. The molecular weight excluding hydrogens is 252 g/mol. The van der Waals surface area contributed by atoms with Gasteiger partial charge in [-0.2, -0.15) is 0 Å². The molecule has 2 atom stereocenters. The van der Waals surface area contributed by atoms with Crippen LogP contribution >= 0.6 is 0 Å². The molecule has 0 saturated heterocycles. The van der Waals surface area contributed by atoms with Gasteiger partial charge in [0, 0.05) is 16.2 Å². The highest BCUT2D eigenvalue weighted by atomic mass is 14.6. The molecule has 0 N–H and O–H groups in total. The summed E-state index contributed by atoms with van der Waals surface area (Å²) < 4.78 is 0. The highest BCUT2D eigenvalue weighted by Gasteiger charge is 2.58. The molecule has 0 aromatic heterocycles. The maximum absolute atomic E-state index is 2.50. The lowest BCUT2D eigenvalue weighted by Crippen LogP contribution is -2.50. The predicted molar refractivity (Wildman–Crippen MR) is 90.0 cm³/mol. The maximum Gasteiger partial charge on any atom is 0.0239 e. The Morgan fingerprint density at radius 1 is 0.762 bits per heavy atom. The van der Waals surface area contributed by atoms with Gasteiger partial charge in [0.15, 0.2) is 0 Å². The van der Waals surface area contributed by atoms with E-state index in [2.05, 4.69) is 88.4 Å². The molecule has 3 aliphatic carbocycles. The van der Waals surface area contributed by atoms with E-state index in [9.17, 15) is 0 Å². The number of rotatable bonds is 0. The van der Waals surface area contributed by atoms with E-state index >= 15 is 0 Å². The summed E-state index contributed by atoms with van der Waals surface area (Å²) in [6, 6.07) is 8.82. The first-order valence-electron chi connectivity index (χ1n) is 7.81. The Morgan fingerprint density at radius 3 is 2.10 bits per heavy atom. The third-order valence-electron chi connectivity index (χ3n) is 5.92. The van der Waals surface area contributed by atoms with Gasteiger partial charge < -0.3 is 0 Å². The van der Waals surface area contributed by atoms with Crippen LogP contribution in [0.2, 0.25) is 0 Å². The van der Waals surface area contributed by atoms with Gasteiger partial charge in [-0.25, -0.2) is 0 Å². The van der Waals surface area contributed by atoms with E-state index < -0.39 is 0 Å². The average molecular weight is 274 g/mol. The summed E-state index contributed by atoms with van der Waals surface area (Å²) in [5.41, 5.74) is 6.12. The smallest absolute Gasteiger partial charge is 0.0239 e. The second kappa shape index (κ2) is 3.68. The molecular formula is C21H22. The van der Waals surface area contributed by atoms with Gasteiger partial charge in [-0.3, -0.25) is 0 Å². The minimum Gasteiger partial charge on any atom is -0.0730 e. The van der Waals surface area contributed by atoms with E-state index in [-0.39, 0.29) is 16.2 Å². The second-order valence-electron chi connectivity index (χ2n) is 7.55. The molecule has 0 amide bonds. The zero-order valence-corrected chi connectivity index (χ0v) is 13.3. The number of hydrogen-bond acceptors (Lipinski definition) is 0. The quantitative estimate of drug-likeness (QED) is 0.591. The van der Waals surface area contributed by atoms with Crippen molar-refractivity contribution in [2.45, 2.75) is 33.1 Å². The Balaban J connectivity index is 2.02. The molecule has 0 radical (unpaired) electrons. The molecule has 0 heteroatoms. The van der Waals surface area contributed by atoms with Crippen LogP contribution in [0, 0.1) is 10.8 Å². The molecule has 0 aliphatic heterocycles. The van der Waals surface area contributed by atoms with Crippen molar-refractivity contribution < 1.29 is 0 Å². The molecule has 0 bridgehead atoms. The van der Waals surface area contributed by atoms with Gasteiger partial charge in [-0.1, -0.05) is 88.4 Å². The predicted octanol–water partition coefficient (Wildman–Crippen LogP) is 5.44. The first kappa shape index (κ1) is 12.9. The lowest BCUT2D eigenvalue weighted by Gasteiger charge is -2.59. The molecule has 0 heterocycles. The zero-order chi connectivity index (χ0) is 14.9. The fraction of sp³-hybridized carbons (Fsp3) is 0.333. The van der Waals surface area contributed by atoms with Crippen molar-refractivity contribution >= 4 is 6.08 Å². The minimum atomic E-state index is 0.0729. The van der Waals surface area contributed by atoms with Crippen LogP contribution in [0.15, 0.2) is 65.8 Å². The standard InChI is InChI=1S/C21H22/c1-19(2)14-18-17(13-15-9-5-6-10-16(15)19)20(3)11-7-8-12-21(18,20)4/h5-14H,1-4H3. The molecule has 0 nitrogen and oxygen atoms in total. The van der Waals surface area contributed by atoms with Gasteiger partial charge in [-0.05, 0) is 22.3 Å². The molecule has 0 spiro atoms. The van der Waals surface area contributed by atoms with Gasteiger partial charge in [0.1, 0.15) is 0 Å². The number of hydrogen-bond donors (Lipinski definition) is 0. The highest BCUT2D eigenvalue weighted by Crippen LogP contribution is 2.68. The average Bonchev–Trinajstić information content (AvgIpc) is 2.57. The van der Waals surface area contributed by atoms with Crippen molar-refractivity contribution in [1.82, 2.24) is 0 Å². The molecule has 21 heavy (non-hydrogen) atoms. The first-order valence-corrected chi connectivity index (χ1v) is 7.81. The van der Waals surface area contributed by atoms with Crippen molar-refractivity contribution in [2.75, 3.05) is 0 Å². The van der Waals surface area contributed by atoms with Crippen LogP contribution in [-0.2, 0) is 5.41 Å². The van der Waals surface area contributed by atoms with Crippen molar-refractivity contribution in [2.24, 2.45) is 10.8 Å². The van der Waals surface area contributed by atoms with E-state index in [0.29, 0.717) is 0 Å². The van der Waals surface area contributed by atoms with Gasteiger partial charge in [0.2, 0.25) is 0 Å². The summed E-state index contributed by atoms with van der Waals surface area (Å²) in [5.74, 6) is 0. The minimum absolute atomic E-state index is 0.0729. The van der Waals surface area contributed by atoms with Crippen LogP contribution in [-0.4, -0.2) is 0 Å². The number of fused-ring (bicyclic) bond motifs is 5. The molecule has 1 aromatic carbocycles. The Labute approximate surface area is 127 Å². The fourth-order valence-electron chi connectivity index (χ4n) is 4.34. The molecule has 106 valence electrons. The van der Waals surface area contributed by atoms with Crippen LogP contribution in [0.3, 0.4) is 0 Å². The second-order valence-corrected chi connectivity index (χ2v) is 7.55. The van der Waals surface area contributed by atoms with E-state index in [0.717, 1.165) is 0 Å². The van der Waals surface area contributed by atoms with E-state index in [4.69, 9.17) is 0 Å². The third kappa shape index (κ3) is 1.41. The van der Waals surface area contributed by atoms with Crippen LogP contribution in [0.1, 0.15) is 38.8 Å². The molecule has 1 fully saturated rings. The SMILES string of the molecule is CC1(C)C=C2C(=Cc3ccccc31)C1(C)C=CC=CC21C. The summed E-state index contributed by atoms with van der Waals surface area (Å²) in [6.45, 7) is 9.41. The van der Waals surface area contributed by atoms with Crippen LogP contribution in [0.4, 0.5) is 0 Å². The number of benzene rings is 1. The summed E-state index contributed by atoms with van der Waals surface area (Å²) >= 11 is 0. The van der Waals surface area contributed by atoms with Crippen LogP contribution in [0.25, 0.3) is 6.08 Å². The van der Waals surface area contributed by atoms with Crippen molar-refractivity contribution in [3.63, 3.8) is 0 Å². The Bertz CT molecular complexity index is 754. The largest absolute Gasteiger partial charge is 0.0730 e. The van der Waals surface area contributed by atoms with E-state index in [1.165, 1.54) is 22.3 Å². The van der Waals surface area contributed by atoms with Gasteiger partial charge in [0.05, 0.1) is 0 Å². The zero-order valence-electron chi connectivity index (χ0n) is 13.3. The fourth-order valence-corrected chi connectivity index (χ4v) is 4.34. The van der Waals surface area contributed by atoms with Crippen LogP contribution < -0.4 is 0 Å². The normalized spacial score (nSPS) is 34.7. The monoisotopic (exact) mass is 274 g/mol. The summed E-state index contributed by atoms with van der Waals surface area (Å²) in [7, 11) is 0. The molecule has 1 saturated carbocycles. The van der Waals surface area contributed by atoms with Crippen molar-refractivity contribution in [1.29, 1.82) is 0 Å². The van der Waals surface area contributed by atoms with E-state index in [1.54, 1.807) is 0 Å². The van der Waals surface area contributed by atoms with Crippen molar-refractivity contribution in [3.05, 3.63) is 76.9 Å². The molecule has 3 aliphatic rings. The summed E-state index contributed by atoms with van der Waals surface area (Å²) in [4.78, 5) is 0. The third-order valence-corrected chi connectivity index (χ3v) is 5.92. The Morgan fingerprint density at radius 2 is 1.38 bits per heavy atom. The van der Waals surface area contributed by atoms with Gasteiger partial charge >= 0.3 is 0 Å². The lowest BCUT2D eigenvalue weighted by molar-refractivity contribution is 0.208. The molecule has 1 aromatic rings. The highest BCUT2D eigenvalue weighted by molar-refractivity contribution is 5.76. The van der Waals surface area contributed by atoms with E-state index in [1.807, 2.05) is 0 Å². The lowest BCUT2D eigenvalue weighted by atomic mass is 9.43. The van der Waals surface area contributed by atoms with Crippen molar-refractivity contribution in [3.8, 4) is 0 Å². The Hall–Kier alpha value is -1.82. The first-order chi connectivity index (χ1) is 9.88. The summed E-state index contributed by atoms with van der Waals surface area (Å²) in [6.07, 6.45) is 14.1. The van der Waals surface area contributed by atoms with Gasteiger partial charge in [0.25, 0.3) is 0 Å². The Kier molecular flexibility index (Phi) is 2.26. The summed E-state index contributed by atoms with van der Waals surface area (Å²) in [5, 5.41) is 0. The molecule has 4 rings (SSSR count). The number of allylic oxidation sites excluding steroid dienone is 7. The maximum atomic E-state index is 2.50.